The largest absolute Gasteiger partial charge is 0.455 e. The number of fused-ring (bicyclic) bond motifs is 6. The summed E-state index contributed by atoms with van der Waals surface area (Å²) in [5, 5.41) is 3.97. The lowest BCUT2D eigenvalue weighted by Gasteiger charge is -2.16. The summed E-state index contributed by atoms with van der Waals surface area (Å²) in [4.78, 5) is 46.8. The van der Waals surface area contributed by atoms with Crippen molar-refractivity contribution in [3.8, 4) is 119 Å². The van der Waals surface area contributed by atoms with Crippen molar-refractivity contribution in [2.24, 2.45) is 0 Å². The van der Waals surface area contributed by atoms with E-state index in [0.717, 1.165) is 111 Å². The molecular weight excluding hydrogens is 1060 g/mol. The zero-order valence-corrected chi connectivity index (χ0v) is 45.9. The summed E-state index contributed by atoms with van der Waals surface area (Å²) in [6.07, 6.45) is 0. The molecule has 0 N–H and O–H groups in total. The third kappa shape index (κ3) is 9.09. The summed E-state index contributed by atoms with van der Waals surface area (Å²) in [5.74, 6) is 4.94. The molecule has 0 spiro atoms. The molecule has 11 heteroatoms. The van der Waals surface area contributed by atoms with Crippen LogP contribution in [0.15, 0.2) is 283 Å². The molecule has 86 heavy (non-hydrogen) atoms. The Hall–Kier alpha value is -12.0. The lowest BCUT2D eigenvalue weighted by atomic mass is 9.98. The van der Waals surface area contributed by atoms with Gasteiger partial charge in [-0.15, -0.1) is 0 Å². The second-order valence-electron chi connectivity index (χ2n) is 20.9. The second kappa shape index (κ2) is 21.1. The zero-order valence-electron chi connectivity index (χ0n) is 45.9. The highest BCUT2D eigenvalue weighted by molar-refractivity contribution is 6.13. The van der Waals surface area contributed by atoms with Crippen molar-refractivity contribution < 1.29 is 4.42 Å². The highest BCUT2D eigenvalue weighted by Gasteiger charge is 2.24. The second-order valence-corrected chi connectivity index (χ2v) is 20.9. The van der Waals surface area contributed by atoms with Gasteiger partial charge in [0.15, 0.2) is 52.4 Å². The van der Waals surface area contributed by atoms with Crippen LogP contribution in [0.2, 0.25) is 0 Å². The molecule has 0 atom stereocenters. The number of benzene rings is 11. The molecule has 16 aromatic rings. The van der Waals surface area contributed by atoms with Crippen molar-refractivity contribution in [1.29, 1.82) is 0 Å². The Kier molecular flexibility index (Phi) is 12.2. The van der Waals surface area contributed by atoms with E-state index in [1.165, 1.54) is 0 Å². The number of para-hydroxylation sites is 2. The first-order valence-electron chi connectivity index (χ1n) is 28.4. The van der Waals surface area contributed by atoms with Crippen LogP contribution >= 0.6 is 0 Å². The van der Waals surface area contributed by atoms with Crippen LogP contribution in [-0.2, 0) is 0 Å². The number of nitrogens with zero attached hydrogens (tertiary/aromatic N) is 10. The Morgan fingerprint density at radius 3 is 0.965 bits per heavy atom. The molecule has 0 aliphatic heterocycles. The van der Waals surface area contributed by atoms with E-state index >= 15 is 0 Å². The number of hydrogen-bond acceptors (Lipinski definition) is 10. The minimum Gasteiger partial charge on any atom is -0.455 e. The minimum absolute atomic E-state index is 0.494. The predicted molar refractivity (Wildman–Crippen MR) is 343 cm³/mol. The standard InChI is InChI=1S/C75H46N10O/c1-7-22-47(23-8-1)67-76-68(48-24-9-2-10-25-48)80-73(79-67)54-39-42-62-59(45-54)60-46-55(74-81-69(49-26-11-3-12-27-49)77-70(82-74)50-28-13-4-14-29-50)40-43-63(60)85(62)64-41-38-53(56-35-21-36-58-57-34-19-20-37-65(57)86-66(56)58)44-61(64)75-83-71(51-30-15-5-16-31-51)78-72(84-75)52-32-17-6-18-33-52/h1-46H. The van der Waals surface area contributed by atoms with Gasteiger partial charge in [0.05, 0.1) is 16.7 Å². The fourth-order valence-corrected chi connectivity index (χ4v) is 11.4. The molecule has 0 amide bonds. The Balaban J connectivity index is 0.973. The molecule has 0 unspecified atom stereocenters. The first-order chi connectivity index (χ1) is 42.6. The van der Waals surface area contributed by atoms with E-state index in [0.29, 0.717) is 52.4 Å². The van der Waals surface area contributed by atoms with E-state index in [2.05, 4.69) is 83.4 Å². The van der Waals surface area contributed by atoms with Gasteiger partial charge in [0.1, 0.15) is 11.2 Å². The normalized spacial score (nSPS) is 11.5. The molecule has 0 radical (unpaired) electrons. The maximum absolute atomic E-state index is 6.71. The molecule has 5 aromatic heterocycles. The quantitative estimate of drug-likeness (QED) is 0.123. The van der Waals surface area contributed by atoms with Gasteiger partial charge in [0.25, 0.3) is 0 Å². The SMILES string of the molecule is c1ccc(-c2nc(-c3ccccc3)nc(-c3ccc4c(c3)c3cc(-c5nc(-c6ccccc6)nc(-c6ccccc6)n5)ccc3n4-c3ccc(-c4cccc5c4oc4ccccc45)cc3-c3nc(-c4ccccc4)nc(-c4ccccc4)n3)n2)cc1. The zero-order chi connectivity index (χ0) is 56.9. The third-order valence-electron chi connectivity index (χ3n) is 15.6. The molecule has 0 bridgehead atoms. The van der Waals surface area contributed by atoms with Gasteiger partial charge in [-0.1, -0.05) is 224 Å². The fourth-order valence-electron chi connectivity index (χ4n) is 11.4. The molecular formula is C75H46N10O. The third-order valence-corrected chi connectivity index (χ3v) is 15.6. The average Bonchev–Trinajstić information content (AvgIpc) is 2.66. The van der Waals surface area contributed by atoms with Crippen LogP contribution in [-0.4, -0.2) is 49.4 Å². The van der Waals surface area contributed by atoms with Gasteiger partial charge in [-0.25, -0.2) is 44.9 Å². The Morgan fingerprint density at radius 1 is 0.221 bits per heavy atom. The van der Waals surface area contributed by atoms with E-state index in [4.69, 9.17) is 49.3 Å². The minimum atomic E-state index is 0.494. The summed E-state index contributed by atoms with van der Waals surface area (Å²) in [6, 6.07) is 94.3. The molecule has 11 aromatic carbocycles. The maximum Gasteiger partial charge on any atom is 0.166 e. The summed E-state index contributed by atoms with van der Waals surface area (Å²) in [5.41, 5.74) is 13.8. The Morgan fingerprint density at radius 2 is 0.558 bits per heavy atom. The molecule has 0 aliphatic carbocycles. The van der Waals surface area contributed by atoms with E-state index in [-0.39, 0.29) is 0 Å². The van der Waals surface area contributed by atoms with E-state index in [9.17, 15) is 0 Å². The van der Waals surface area contributed by atoms with Crippen molar-refractivity contribution >= 4 is 43.7 Å². The van der Waals surface area contributed by atoms with Crippen LogP contribution in [0.25, 0.3) is 163 Å². The van der Waals surface area contributed by atoms with E-state index < -0.39 is 0 Å². The highest BCUT2D eigenvalue weighted by atomic mass is 16.3. The van der Waals surface area contributed by atoms with Gasteiger partial charge in [-0.3, -0.25) is 0 Å². The van der Waals surface area contributed by atoms with Crippen LogP contribution < -0.4 is 0 Å². The molecule has 16 rings (SSSR count). The van der Waals surface area contributed by atoms with Gasteiger partial charge in [0.2, 0.25) is 0 Å². The Labute approximate surface area is 493 Å². The topological polar surface area (TPSA) is 134 Å². The van der Waals surface area contributed by atoms with Crippen LogP contribution in [0.4, 0.5) is 0 Å². The molecule has 5 heterocycles. The first-order valence-corrected chi connectivity index (χ1v) is 28.4. The lowest BCUT2D eigenvalue weighted by molar-refractivity contribution is 0.670. The monoisotopic (exact) mass is 1100 g/mol. The summed E-state index contributed by atoms with van der Waals surface area (Å²) in [6.45, 7) is 0. The average molecular weight is 1100 g/mol. The van der Waals surface area contributed by atoms with Gasteiger partial charge in [-0.05, 0) is 60.2 Å². The smallest absolute Gasteiger partial charge is 0.166 e. The lowest BCUT2D eigenvalue weighted by Crippen LogP contribution is -2.04. The highest BCUT2D eigenvalue weighted by Crippen LogP contribution is 2.43. The van der Waals surface area contributed by atoms with Crippen molar-refractivity contribution in [3.05, 3.63) is 279 Å². The van der Waals surface area contributed by atoms with Gasteiger partial charge in [-0.2, -0.15) is 0 Å². The summed E-state index contributed by atoms with van der Waals surface area (Å²) in [7, 11) is 0. The van der Waals surface area contributed by atoms with Crippen molar-refractivity contribution in [2.75, 3.05) is 0 Å². The molecule has 402 valence electrons. The van der Waals surface area contributed by atoms with Gasteiger partial charge < -0.3 is 8.98 Å². The molecule has 0 aliphatic rings. The predicted octanol–water partition coefficient (Wildman–Crippen LogP) is 17.9. The summed E-state index contributed by atoms with van der Waals surface area (Å²) >= 11 is 0. The van der Waals surface area contributed by atoms with Crippen molar-refractivity contribution in [1.82, 2.24) is 49.4 Å². The molecule has 0 saturated carbocycles. The van der Waals surface area contributed by atoms with Crippen LogP contribution in [0.1, 0.15) is 0 Å². The molecule has 0 saturated heterocycles. The molecule has 0 fully saturated rings. The van der Waals surface area contributed by atoms with Gasteiger partial charge in [0, 0.05) is 77.2 Å². The number of furan rings is 1. The van der Waals surface area contributed by atoms with Crippen molar-refractivity contribution in [3.63, 3.8) is 0 Å². The van der Waals surface area contributed by atoms with E-state index in [1.54, 1.807) is 0 Å². The summed E-state index contributed by atoms with van der Waals surface area (Å²) < 4.78 is 9.01. The number of hydrogen-bond donors (Lipinski definition) is 0. The molecule has 11 nitrogen and oxygen atoms in total. The first kappa shape index (κ1) is 49.8. The van der Waals surface area contributed by atoms with E-state index in [1.807, 2.05) is 200 Å². The number of rotatable bonds is 11. The Bertz CT molecular complexity index is 4860. The maximum atomic E-state index is 6.71. The fraction of sp³-hybridized carbons (Fsp3) is 0. The van der Waals surface area contributed by atoms with Crippen molar-refractivity contribution in [2.45, 2.75) is 0 Å². The number of aromatic nitrogens is 10. The van der Waals surface area contributed by atoms with Crippen LogP contribution in [0.3, 0.4) is 0 Å². The van der Waals surface area contributed by atoms with Crippen LogP contribution in [0, 0.1) is 0 Å². The van der Waals surface area contributed by atoms with Gasteiger partial charge >= 0.3 is 0 Å². The van der Waals surface area contributed by atoms with Crippen LogP contribution in [0.5, 0.6) is 0 Å².